The molecule has 0 bridgehead atoms. The van der Waals surface area contributed by atoms with Crippen molar-refractivity contribution in [2.24, 2.45) is 0 Å². The normalized spacial score (nSPS) is 10.5. The Hall–Kier alpha value is -4.00. The molecule has 2 N–H and O–H groups in total. The fourth-order valence-corrected chi connectivity index (χ4v) is 3.30. The summed E-state index contributed by atoms with van der Waals surface area (Å²) in [4.78, 5) is 38.2. The van der Waals surface area contributed by atoms with E-state index in [1.165, 1.54) is 17.0 Å². The Morgan fingerprint density at radius 3 is 2.19 bits per heavy atom. The van der Waals surface area contributed by atoms with Crippen LogP contribution in [-0.4, -0.2) is 41.9 Å². The lowest BCUT2D eigenvalue weighted by atomic mass is 9.98. The maximum Gasteiger partial charge on any atom is 0.307 e. The van der Waals surface area contributed by atoms with Gasteiger partial charge in [-0.2, -0.15) is 0 Å². The molecule has 0 atom stereocenters. The van der Waals surface area contributed by atoms with Crippen LogP contribution in [0.25, 0.3) is 11.1 Å². The first-order valence-corrected chi connectivity index (χ1v) is 9.92. The van der Waals surface area contributed by atoms with Crippen LogP contribution in [0.3, 0.4) is 0 Å². The molecule has 0 saturated carbocycles. The van der Waals surface area contributed by atoms with Crippen molar-refractivity contribution in [3.63, 3.8) is 0 Å². The number of carboxylic acids is 1. The Morgan fingerprint density at radius 1 is 0.906 bits per heavy atom. The monoisotopic (exact) mass is 434 g/mol. The van der Waals surface area contributed by atoms with Crippen LogP contribution in [0, 0.1) is 0 Å². The van der Waals surface area contributed by atoms with E-state index in [9.17, 15) is 18.8 Å². The molecule has 0 radical (unpaired) electrons. The van der Waals surface area contributed by atoms with Crippen molar-refractivity contribution in [3.05, 3.63) is 89.0 Å². The number of benzene rings is 3. The lowest BCUT2D eigenvalue weighted by molar-refractivity contribution is -0.136. The van der Waals surface area contributed by atoms with Crippen LogP contribution in [0.5, 0.6) is 0 Å². The molecule has 0 aliphatic rings. The number of hydrogen-bond donors (Lipinski definition) is 2. The lowest BCUT2D eigenvalue weighted by Crippen LogP contribution is -2.24. The average molecular weight is 434 g/mol. The number of hydrogen-bond acceptors (Lipinski definition) is 3. The first-order valence-electron chi connectivity index (χ1n) is 9.92. The number of nitrogens with one attached hydrogen (secondary N) is 1. The van der Waals surface area contributed by atoms with Gasteiger partial charge in [-0.1, -0.05) is 48.5 Å². The maximum atomic E-state index is 13.1. The number of rotatable bonds is 7. The summed E-state index contributed by atoms with van der Waals surface area (Å²) in [5.74, 6) is -1.80. The first kappa shape index (κ1) is 22.7. The zero-order chi connectivity index (χ0) is 23.3. The third-order valence-corrected chi connectivity index (χ3v) is 4.92. The highest BCUT2D eigenvalue weighted by Crippen LogP contribution is 2.26. The van der Waals surface area contributed by atoms with Crippen LogP contribution in [0.15, 0.2) is 66.7 Å². The minimum Gasteiger partial charge on any atom is -0.481 e. The predicted molar refractivity (Wildman–Crippen MR) is 120 cm³/mol. The number of aliphatic carboxylic acids is 1. The van der Waals surface area contributed by atoms with Gasteiger partial charge < -0.3 is 15.3 Å². The molecule has 0 heterocycles. The van der Waals surface area contributed by atoms with Crippen LogP contribution in [0.4, 0.5) is 10.1 Å². The van der Waals surface area contributed by atoms with Crippen molar-refractivity contribution in [2.45, 2.75) is 13.1 Å². The molecule has 0 aliphatic heterocycles. The van der Waals surface area contributed by atoms with Gasteiger partial charge in [0.25, 0.3) is 11.8 Å². The number of nitrogens with zero attached hydrogens (tertiary/aromatic N) is 1. The van der Waals surface area contributed by atoms with Crippen LogP contribution < -0.4 is 5.32 Å². The molecule has 3 rings (SSSR count). The number of amides is 2. The summed E-state index contributed by atoms with van der Waals surface area (Å²) in [6, 6.07) is 18.4. The molecular formula is C25H23FN2O4. The van der Waals surface area contributed by atoms with Crippen molar-refractivity contribution >= 4 is 23.5 Å². The molecule has 3 aromatic carbocycles. The van der Waals surface area contributed by atoms with Gasteiger partial charge in [0.2, 0.25) is 0 Å². The van der Waals surface area contributed by atoms with E-state index in [0.717, 1.165) is 5.56 Å². The zero-order valence-electron chi connectivity index (χ0n) is 17.8. The van der Waals surface area contributed by atoms with Gasteiger partial charge in [0.1, 0.15) is 6.67 Å². The summed E-state index contributed by atoms with van der Waals surface area (Å²) in [5, 5.41) is 11.8. The van der Waals surface area contributed by atoms with E-state index in [1.807, 2.05) is 0 Å². The molecule has 32 heavy (non-hydrogen) atoms. The second kappa shape index (κ2) is 9.87. The van der Waals surface area contributed by atoms with Gasteiger partial charge in [-0.05, 0) is 40.5 Å². The summed E-state index contributed by atoms with van der Waals surface area (Å²) < 4.78 is 12.8. The lowest BCUT2D eigenvalue weighted by Gasteiger charge is -2.17. The summed E-state index contributed by atoms with van der Waals surface area (Å²) in [6.45, 7) is -0.567. The zero-order valence-corrected chi connectivity index (χ0v) is 17.8. The van der Waals surface area contributed by atoms with E-state index in [1.54, 1.807) is 68.7 Å². The van der Waals surface area contributed by atoms with Crippen LogP contribution in [-0.2, 0) is 17.9 Å². The SMILES string of the molecule is CN(C)C(=O)c1cc(CC(=O)O)ccc1NC(=O)c1ccccc1-c1ccc(CF)cc1. The Morgan fingerprint density at radius 2 is 1.56 bits per heavy atom. The number of alkyl halides is 1. The Bertz CT molecular complexity index is 1160. The van der Waals surface area contributed by atoms with Crippen molar-refractivity contribution in [3.8, 4) is 11.1 Å². The van der Waals surface area contributed by atoms with Gasteiger partial charge in [0.15, 0.2) is 0 Å². The molecule has 2 amide bonds. The molecule has 3 aromatic rings. The fourth-order valence-electron chi connectivity index (χ4n) is 3.30. The molecule has 0 spiro atoms. The number of halogens is 1. The fraction of sp³-hybridized carbons (Fsp3) is 0.160. The molecule has 0 aromatic heterocycles. The summed E-state index contributed by atoms with van der Waals surface area (Å²) in [6.07, 6.45) is -0.236. The summed E-state index contributed by atoms with van der Waals surface area (Å²) in [7, 11) is 3.16. The number of carboxylic acid groups (broad SMARTS) is 1. The molecule has 0 fully saturated rings. The highest BCUT2D eigenvalue weighted by molar-refractivity contribution is 6.11. The second-order valence-corrected chi connectivity index (χ2v) is 7.48. The number of carbonyl (C=O) groups is 3. The molecule has 164 valence electrons. The third-order valence-electron chi connectivity index (χ3n) is 4.92. The van der Waals surface area contributed by atoms with Gasteiger partial charge in [-0.15, -0.1) is 0 Å². The second-order valence-electron chi connectivity index (χ2n) is 7.48. The average Bonchev–Trinajstić information content (AvgIpc) is 2.79. The molecular weight excluding hydrogens is 411 g/mol. The quantitative estimate of drug-likeness (QED) is 0.577. The van der Waals surface area contributed by atoms with Gasteiger partial charge >= 0.3 is 5.97 Å². The van der Waals surface area contributed by atoms with Gasteiger partial charge in [-0.25, -0.2) is 4.39 Å². The Labute approximate surface area is 185 Å². The largest absolute Gasteiger partial charge is 0.481 e. The Balaban J connectivity index is 1.96. The van der Waals surface area contributed by atoms with E-state index in [2.05, 4.69) is 5.32 Å². The molecule has 0 aliphatic carbocycles. The molecule has 6 nitrogen and oxygen atoms in total. The van der Waals surface area contributed by atoms with E-state index >= 15 is 0 Å². The minimum absolute atomic E-state index is 0.201. The number of carbonyl (C=O) groups excluding carboxylic acids is 2. The molecule has 0 saturated heterocycles. The maximum absolute atomic E-state index is 13.1. The first-order chi connectivity index (χ1) is 15.3. The van der Waals surface area contributed by atoms with Crippen molar-refractivity contribution in [1.29, 1.82) is 0 Å². The highest BCUT2D eigenvalue weighted by Gasteiger charge is 2.19. The van der Waals surface area contributed by atoms with Gasteiger partial charge in [-0.3, -0.25) is 14.4 Å². The van der Waals surface area contributed by atoms with Crippen LogP contribution >= 0.6 is 0 Å². The van der Waals surface area contributed by atoms with E-state index in [0.29, 0.717) is 22.3 Å². The molecule has 0 unspecified atom stereocenters. The van der Waals surface area contributed by atoms with Crippen LogP contribution in [0.2, 0.25) is 0 Å². The Kier molecular flexibility index (Phi) is 7.00. The minimum atomic E-state index is -1.02. The van der Waals surface area contributed by atoms with E-state index in [-0.39, 0.29) is 23.6 Å². The van der Waals surface area contributed by atoms with Crippen molar-refractivity contribution in [1.82, 2.24) is 4.90 Å². The highest BCUT2D eigenvalue weighted by atomic mass is 19.1. The molecule has 7 heteroatoms. The number of anilines is 1. The van der Waals surface area contributed by atoms with Crippen LogP contribution in [0.1, 0.15) is 31.8 Å². The van der Waals surface area contributed by atoms with E-state index < -0.39 is 18.6 Å². The predicted octanol–water partition coefficient (Wildman–Crippen LogP) is 4.40. The summed E-state index contributed by atoms with van der Waals surface area (Å²) >= 11 is 0. The van der Waals surface area contributed by atoms with E-state index in [4.69, 9.17) is 5.11 Å². The van der Waals surface area contributed by atoms with Crippen molar-refractivity contribution < 1.29 is 23.9 Å². The standard InChI is InChI=1S/C25H23FN2O4/c1-28(2)25(32)21-13-17(14-23(29)30)9-12-22(21)27-24(31)20-6-4-3-5-19(20)18-10-7-16(15-26)8-11-18/h3-13H,14-15H2,1-2H3,(H,27,31)(H,29,30). The third kappa shape index (κ3) is 5.18. The smallest absolute Gasteiger partial charge is 0.307 e. The van der Waals surface area contributed by atoms with Crippen molar-refractivity contribution in [2.75, 3.05) is 19.4 Å². The summed E-state index contributed by atoms with van der Waals surface area (Å²) in [5.41, 5.74) is 3.29. The van der Waals surface area contributed by atoms with Gasteiger partial charge in [0, 0.05) is 19.7 Å². The topological polar surface area (TPSA) is 86.7 Å². The van der Waals surface area contributed by atoms with Gasteiger partial charge in [0.05, 0.1) is 17.7 Å².